The lowest BCUT2D eigenvalue weighted by molar-refractivity contribution is -0.121. The van der Waals surface area contributed by atoms with Gasteiger partial charge in [-0.15, -0.1) is 0 Å². The number of anilines is 1. The smallest absolute Gasteiger partial charge is 0.227 e. The number of aryl methyl sites for hydroxylation is 1. The molecular weight excluding hydrogens is 230 g/mol. The van der Waals surface area contributed by atoms with E-state index in [1.54, 1.807) is 12.4 Å². The fourth-order valence-electron chi connectivity index (χ4n) is 2.18. The van der Waals surface area contributed by atoms with Crippen molar-refractivity contribution in [2.24, 2.45) is 5.92 Å². The van der Waals surface area contributed by atoms with Gasteiger partial charge in [-0.25, -0.2) is 9.97 Å². The lowest BCUT2D eigenvalue weighted by atomic mass is 9.87. The maximum atomic E-state index is 12.0. The average molecular weight is 249 g/mol. The van der Waals surface area contributed by atoms with Crippen molar-refractivity contribution in [1.29, 1.82) is 0 Å². The Hall–Kier alpha value is -1.49. The third-order valence-corrected chi connectivity index (χ3v) is 3.36. The molecule has 2 N–H and O–H groups in total. The minimum atomic E-state index is -0.235. The van der Waals surface area contributed by atoms with Gasteiger partial charge in [0, 0.05) is 12.3 Å². The topological polar surface area (TPSA) is 75.1 Å². The van der Waals surface area contributed by atoms with Crippen LogP contribution in [0.2, 0.25) is 0 Å². The van der Waals surface area contributed by atoms with E-state index < -0.39 is 0 Å². The molecule has 0 spiro atoms. The first kappa shape index (κ1) is 13.0. The fourth-order valence-corrected chi connectivity index (χ4v) is 2.18. The maximum absolute atomic E-state index is 12.0. The number of hydrogen-bond donors (Lipinski definition) is 2. The summed E-state index contributed by atoms with van der Waals surface area (Å²) >= 11 is 0. The van der Waals surface area contributed by atoms with Gasteiger partial charge in [0.15, 0.2) is 0 Å². The van der Waals surface area contributed by atoms with Gasteiger partial charge in [0.05, 0.1) is 24.2 Å². The summed E-state index contributed by atoms with van der Waals surface area (Å²) in [6.07, 6.45) is 6.76. The van der Waals surface area contributed by atoms with Gasteiger partial charge in [0.1, 0.15) is 5.82 Å². The summed E-state index contributed by atoms with van der Waals surface area (Å²) in [5.74, 6) is 0.780. The van der Waals surface area contributed by atoms with Crippen LogP contribution in [0.25, 0.3) is 0 Å². The molecule has 0 saturated heterocycles. The van der Waals surface area contributed by atoms with Gasteiger partial charge in [0.25, 0.3) is 0 Å². The first-order valence-corrected chi connectivity index (χ1v) is 6.49. The molecule has 1 aromatic rings. The summed E-state index contributed by atoms with van der Waals surface area (Å²) in [4.78, 5) is 20.3. The van der Waals surface area contributed by atoms with Crippen LogP contribution in [0.4, 0.5) is 5.69 Å². The minimum Gasteiger partial charge on any atom is -0.393 e. The Labute approximate surface area is 107 Å². The van der Waals surface area contributed by atoms with E-state index in [4.69, 9.17) is 0 Å². The van der Waals surface area contributed by atoms with E-state index in [2.05, 4.69) is 15.3 Å². The number of hydrogen-bond acceptors (Lipinski definition) is 4. The zero-order valence-corrected chi connectivity index (χ0v) is 10.6. The molecule has 1 saturated carbocycles. The van der Waals surface area contributed by atoms with Gasteiger partial charge >= 0.3 is 0 Å². The van der Waals surface area contributed by atoms with Crippen molar-refractivity contribution in [3.63, 3.8) is 0 Å². The Kier molecular flexibility index (Phi) is 4.25. The van der Waals surface area contributed by atoms with Crippen molar-refractivity contribution in [1.82, 2.24) is 9.97 Å². The van der Waals surface area contributed by atoms with Crippen LogP contribution in [0.3, 0.4) is 0 Å². The summed E-state index contributed by atoms with van der Waals surface area (Å²) in [6.45, 7) is 1.99. The van der Waals surface area contributed by atoms with Crippen LogP contribution in [0.5, 0.6) is 0 Å². The number of carbonyl (C=O) groups is 1. The van der Waals surface area contributed by atoms with Gasteiger partial charge in [-0.1, -0.05) is 6.92 Å². The van der Waals surface area contributed by atoms with Gasteiger partial charge in [0.2, 0.25) is 5.91 Å². The molecule has 1 aromatic heterocycles. The zero-order valence-electron chi connectivity index (χ0n) is 10.6. The Morgan fingerprint density at radius 2 is 1.94 bits per heavy atom. The maximum Gasteiger partial charge on any atom is 0.227 e. The second-order valence-electron chi connectivity index (χ2n) is 4.74. The van der Waals surface area contributed by atoms with Crippen LogP contribution in [0.15, 0.2) is 12.4 Å². The first-order chi connectivity index (χ1) is 8.69. The molecule has 0 aromatic carbocycles. The van der Waals surface area contributed by atoms with Crippen molar-refractivity contribution in [2.45, 2.75) is 45.1 Å². The normalized spacial score (nSPS) is 23.7. The van der Waals surface area contributed by atoms with Crippen LogP contribution in [-0.4, -0.2) is 27.1 Å². The van der Waals surface area contributed by atoms with Gasteiger partial charge < -0.3 is 10.4 Å². The van der Waals surface area contributed by atoms with E-state index in [0.29, 0.717) is 18.5 Å². The molecule has 0 radical (unpaired) electrons. The third kappa shape index (κ3) is 3.26. The lowest BCUT2D eigenvalue weighted by Crippen LogP contribution is -2.28. The zero-order chi connectivity index (χ0) is 13.0. The number of nitrogens with zero attached hydrogens (tertiary/aromatic N) is 2. The van der Waals surface area contributed by atoms with Crippen LogP contribution < -0.4 is 5.32 Å². The Morgan fingerprint density at radius 3 is 2.50 bits per heavy atom. The van der Waals surface area contributed by atoms with Crippen LogP contribution in [0.1, 0.15) is 38.4 Å². The minimum absolute atomic E-state index is 0.000693. The molecular formula is C13H19N3O2. The largest absolute Gasteiger partial charge is 0.393 e. The Balaban J connectivity index is 1.90. The van der Waals surface area contributed by atoms with Gasteiger partial charge in [-0.05, 0) is 25.7 Å². The second kappa shape index (κ2) is 5.91. The van der Waals surface area contributed by atoms with E-state index in [-0.39, 0.29) is 17.9 Å². The highest BCUT2D eigenvalue weighted by molar-refractivity contribution is 5.92. The predicted octanol–water partition coefficient (Wildman–Crippen LogP) is 1.53. The van der Waals surface area contributed by atoms with E-state index in [1.165, 1.54) is 0 Å². The second-order valence-corrected chi connectivity index (χ2v) is 4.74. The summed E-state index contributed by atoms with van der Waals surface area (Å²) in [6, 6.07) is 0. The molecule has 5 heteroatoms. The number of carbonyl (C=O) groups excluding carboxylic acids is 1. The molecule has 1 aliphatic carbocycles. The molecule has 0 atom stereocenters. The van der Waals surface area contributed by atoms with Crippen LogP contribution in [0, 0.1) is 5.92 Å². The van der Waals surface area contributed by atoms with E-state index in [1.807, 2.05) is 6.92 Å². The predicted molar refractivity (Wildman–Crippen MR) is 68.0 cm³/mol. The molecule has 1 fully saturated rings. The molecule has 98 valence electrons. The average Bonchev–Trinajstić information content (AvgIpc) is 2.40. The number of nitrogens with one attached hydrogen (secondary N) is 1. The van der Waals surface area contributed by atoms with Gasteiger partial charge in [-0.3, -0.25) is 4.79 Å². The van der Waals surface area contributed by atoms with Gasteiger partial charge in [-0.2, -0.15) is 0 Å². The van der Waals surface area contributed by atoms with Crippen molar-refractivity contribution >= 4 is 11.6 Å². The number of aliphatic hydroxyl groups excluding tert-OH is 1. The number of amides is 1. The van der Waals surface area contributed by atoms with Crippen molar-refractivity contribution in [3.8, 4) is 0 Å². The summed E-state index contributed by atoms with van der Waals surface area (Å²) in [5.41, 5.74) is 0.642. The standard InChI is InChI=1S/C13H19N3O2/c1-2-12-14-7-10(8-15-12)16-13(18)9-3-5-11(17)6-4-9/h7-9,11,17H,2-6H2,1H3,(H,16,18). The highest BCUT2D eigenvalue weighted by Gasteiger charge is 2.25. The molecule has 5 nitrogen and oxygen atoms in total. The van der Waals surface area contributed by atoms with E-state index in [0.717, 1.165) is 25.1 Å². The van der Waals surface area contributed by atoms with E-state index in [9.17, 15) is 9.90 Å². The molecule has 18 heavy (non-hydrogen) atoms. The number of aliphatic hydroxyl groups is 1. The molecule has 1 heterocycles. The van der Waals surface area contributed by atoms with E-state index >= 15 is 0 Å². The summed E-state index contributed by atoms with van der Waals surface area (Å²) in [7, 11) is 0. The fraction of sp³-hybridized carbons (Fsp3) is 0.615. The number of aromatic nitrogens is 2. The SMILES string of the molecule is CCc1ncc(NC(=O)C2CCC(O)CC2)cn1. The summed E-state index contributed by atoms with van der Waals surface area (Å²) in [5, 5.41) is 12.2. The van der Waals surface area contributed by atoms with Crippen molar-refractivity contribution in [3.05, 3.63) is 18.2 Å². The van der Waals surface area contributed by atoms with Crippen molar-refractivity contribution < 1.29 is 9.90 Å². The third-order valence-electron chi connectivity index (χ3n) is 3.36. The Morgan fingerprint density at radius 1 is 1.33 bits per heavy atom. The molecule has 2 rings (SSSR count). The molecule has 1 amide bonds. The van der Waals surface area contributed by atoms with Crippen LogP contribution in [-0.2, 0) is 11.2 Å². The monoisotopic (exact) mass is 249 g/mol. The highest BCUT2D eigenvalue weighted by Crippen LogP contribution is 2.25. The molecule has 0 bridgehead atoms. The summed E-state index contributed by atoms with van der Waals surface area (Å²) < 4.78 is 0. The van der Waals surface area contributed by atoms with Crippen LogP contribution >= 0.6 is 0 Å². The number of rotatable bonds is 3. The van der Waals surface area contributed by atoms with Crippen molar-refractivity contribution in [2.75, 3.05) is 5.32 Å². The molecule has 1 aliphatic rings. The molecule has 0 unspecified atom stereocenters. The quantitative estimate of drug-likeness (QED) is 0.851. The first-order valence-electron chi connectivity index (χ1n) is 6.49. The lowest BCUT2D eigenvalue weighted by Gasteiger charge is -2.24. The highest BCUT2D eigenvalue weighted by atomic mass is 16.3. The Bertz CT molecular complexity index is 397. The molecule has 0 aliphatic heterocycles.